The number of thioether (sulfide) groups is 1. The minimum absolute atomic E-state index is 0.0287. The highest BCUT2D eigenvalue weighted by Crippen LogP contribution is 2.24. The molecule has 5 atom stereocenters. The van der Waals surface area contributed by atoms with Crippen molar-refractivity contribution in [1.29, 1.82) is 0 Å². The van der Waals surface area contributed by atoms with E-state index in [2.05, 4.69) is 35.1 Å². The molecule has 1 fully saturated rings. The predicted molar refractivity (Wildman–Crippen MR) is 169 cm³/mol. The zero-order valence-electron chi connectivity index (χ0n) is 25.0. The monoisotopic (exact) mass is 611 g/mol. The molecule has 1 aliphatic rings. The van der Waals surface area contributed by atoms with Gasteiger partial charge in [-0.25, -0.2) is 0 Å². The first kappa shape index (κ1) is 33.9. The Kier molecular flexibility index (Phi) is 13.8. The van der Waals surface area contributed by atoms with Crippen LogP contribution in [0.25, 0.3) is 0 Å². The maximum Gasteiger partial charge on any atom is 0.243 e. The number of amides is 4. The van der Waals surface area contributed by atoms with Gasteiger partial charge in [0.05, 0.1) is 17.8 Å². The van der Waals surface area contributed by atoms with Crippen LogP contribution in [0.2, 0.25) is 0 Å². The fraction of sp³-hybridized carbons (Fsp3) is 0.500. The quantitative estimate of drug-likeness (QED) is 0.266. The first-order valence-corrected chi connectivity index (χ1v) is 16.0. The zero-order valence-corrected chi connectivity index (χ0v) is 25.8. The van der Waals surface area contributed by atoms with Gasteiger partial charge in [-0.1, -0.05) is 62.7 Å². The number of benzene rings is 2. The van der Waals surface area contributed by atoms with E-state index in [1.807, 2.05) is 30.3 Å². The molecule has 7 N–H and O–H groups in total. The topological polar surface area (TPSA) is 163 Å². The second kappa shape index (κ2) is 17.5. The first-order chi connectivity index (χ1) is 20.7. The Morgan fingerprint density at radius 3 is 2.44 bits per heavy atom. The van der Waals surface area contributed by atoms with Gasteiger partial charge in [0, 0.05) is 18.3 Å². The Morgan fingerprint density at radius 1 is 1.02 bits per heavy atom. The van der Waals surface area contributed by atoms with Crippen molar-refractivity contribution < 1.29 is 24.3 Å². The number of phenolic OH excluding ortho intramolecular Hbond substituents is 1. The number of hydrogen-bond donors (Lipinski definition) is 6. The molecule has 0 aliphatic carbocycles. The minimum Gasteiger partial charge on any atom is -0.508 e. The van der Waals surface area contributed by atoms with Crippen LogP contribution in [0.3, 0.4) is 0 Å². The molecule has 3 rings (SSSR count). The van der Waals surface area contributed by atoms with Gasteiger partial charge in [0.25, 0.3) is 0 Å². The maximum absolute atomic E-state index is 13.2. The summed E-state index contributed by atoms with van der Waals surface area (Å²) in [6.07, 6.45) is 3.18. The van der Waals surface area contributed by atoms with Gasteiger partial charge in [0.1, 0.15) is 11.8 Å². The van der Waals surface area contributed by atoms with E-state index in [0.29, 0.717) is 38.0 Å². The number of carbonyl (C=O) groups is 4. The highest BCUT2D eigenvalue weighted by molar-refractivity contribution is 8.00. The second-order valence-electron chi connectivity index (χ2n) is 11.1. The average Bonchev–Trinajstić information content (AvgIpc) is 2.99. The number of carbonyl (C=O) groups excluding carboxylic acids is 4. The number of phenols is 1. The van der Waals surface area contributed by atoms with Crippen LogP contribution in [-0.4, -0.2) is 71.0 Å². The van der Waals surface area contributed by atoms with Crippen molar-refractivity contribution in [2.45, 2.75) is 75.7 Å². The fourth-order valence-electron chi connectivity index (χ4n) is 4.86. The van der Waals surface area contributed by atoms with E-state index >= 15 is 0 Å². The molecule has 11 heteroatoms. The number of rotatable bonds is 8. The van der Waals surface area contributed by atoms with Gasteiger partial charge >= 0.3 is 0 Å². The molecule has 1 heterocycles. The summed E-state index contributed by atoms with van der Waals surface area (Å²) in [6, 6.07) is 14.2. The van der Waals surface area contributed by atoms with Crippen LogP contribution in [0.1, 0.15) is 50.7 Å². The molecule has 0 saturated carbocycles. The van der Waals surface area contributed by atoms with Crippen LogP contribution >= 0.6 is 11.8 Å². The lowest BCUT2D eigenvalue weighted by atomic mass is 10.0. The Labute approximate surface area is 258 Å². The molecule has 0 radical (unpaired) electrons. The minimum atomic E-state index is -0.908. The Morgan fingerprint density at radius 2 is 1.74 bits per heavy atom. The lowest BCUT2D eigenvalue weighted by Gasteiger charge is -2.26. The SMILES string of the molecule is CCC(C)C1SCC(Cc2ccccc2)NC(=O)CNC(=O)C(NC(=O)C(N)Cc2ccc(O)cc2)CCCCNC1=O. The molecule has 4 amide bonds. The standard InChI is InChI=1S/C32H45N5O5S/c1-3-21(2)29-32(42)34-16-8-7-11-27(37-30(40)26(33)18-23-12-14-25(38)15-13-23)31(41)35-19-28(39)36-24(20-43-29)17-22-9-5-4-6-10-22/h4-6,9-10,12-15,21,24,26-27,29,38H,3,7-8,11,16-20,33H2,1-2H3,(H,34,42)(H,35,41)(H,36,39)(H,37,40). The summed E-state index contributed by atoms with van der Waals surface area (Å²) in [5, 5.41) is 20.7. The van der Waals surface area contributed by atoms with E-state index in [1.165, 1.54) is 12.1 Å². The van der Waals surface area contributed by atoms with Crippen LogP contribution in [0.5, 0.6) is 5.75 Å². The van der Waals surface area contributed by atoms with Crippen molar-refractivity contribution in [2.75, 3.05) is 18.8 Å². The van der Waals surface area contributed by atoms with Crippen LogP contribution in [0, 0.1) is 5.92 Å². The lowest BCUT2D eigenvalue weighted by molar-refractivity contribution is -0.131. The van der Waals surface area contributed by atoms with Gasteiger partial charge in [-0.2, -0.15) is 0 Å². The first-order valence-electron chi connectivity index (χ1n) is 15.0. The Hall–Kier alpha value is -3.57. The van der Waals surface area contributed by atoms with Crippen LogP contribution in [-0.2, 0) is 32.0 Å². The highest BCUT2D eigenvalue weighted by Gasteiger charge is 2.28. The third kappa shape index (κ3) is 11.6. The molecule has 234 valence electrons. The summed E-state index contributed by atoms with van der Waals surface area (Å²) >= 11 is 1.55. The molecule has 5 unspecified atom stereocenters. The molecule has 1 saturated heterocycles. The molecule has 2 aromatic carbocycles. The van der Waals surface area contributed by atoms with Crippen molar-refractivity contribution in [3.63, 3.8) is 0 Å². The van der Waals surface area contributed by atoms with E-state index in [-0.39, 0.29) is 47.7 Å². The van der Waals surface area contributed by atoms with E-state index in [9.17, 15) is 24.3 Å². The zero-order chi connectivity index (χ0) is 31.2. The van der Waals surface area contributed by atoms with Gasteiger partial charge in [0.15, 0.2) is 0 Å². The maximum atomic E-state index is 13.2. The van der Waals surface area contributed by atoms with Gasteiger partial charge < -0.3 is 32.1 Å². The van der Waals surface area contributed by atoms with Crippen LogP contribution < -0.4 is 27.0 Å². The van der Waals surface area contributed by atoms with Crippen molar-refractivity contribution in [3.8, 4) is 5.75 Å². The summed E-state index contributed by atoms with van der Waals surface area (Å²) in [6.45, 7) is 4.35. The molecular formula is C32H45N5O5S. The van der Waals surface area contributed by atoms with Crippen molar-refractivity contribution in [1.82, 2.24) is 21.3 Å². The lowest BCUT2D eigenvalue weighted by Crippen LogP contribution is -2.53. The average molecular weight is 612 g/mol. The molecule has 0 aromatic heterocycles. The molecule has 43 heavy (non-hydrogen) atoms. The number of aromatic hydroxyl groups is 1. The highest BCUT2D eigenvalue weighted by atomic mass is 32.2. The van der Waals surface area contributed by atoms with E-state index in [1.54, 1.807) is 23.9 Å². The van der Waals surface area contributed by atoms with E-state index in [0.717, 1.165) is 17.5 Å². The third-order valence-corrected chi connectivity index (χ3v) is 9.22. The summed E-state index contributed by atoms with van der Waals surface area (Å²) in [4.78, 5) is 52.2. The summed E-state index contributed by atoms with van der Waals surface area (Å²) < 4.78 is 0. The Balaban J connectivity index is 1.71. The normalized spacial score (nSPS) is 22.4. The fourth-order valence-corrected chi connectivity index (χ4v) is 6.26. The van der Waals surface area contributed by atoms with Gasteiger partial charge in [-0.05, 0) is 61.3 Å². The van der Waals surface area contributed by atoms with E-state index in [4.69, 9.17) is 5.73 Å². The summed E-state index contributed by atoms with van der Waals surface area (Å²) in [5.74, 6) is -0.528. The predicted octanol–water partition coefficient (Wildman–Crippen LogP) is 2.04. The molecule has 10 nitrogen and oxygen atoms in total. The van der Waals surface area contributed by atoms with E-state index < -0.39 is 23.9 Å². The second-order valence-corrected chi connectivity index (χ2v) is 12.3. The molecular weight excluding hydrogens is 566 g/mol. The molecule has 1 aliphatic heterocycles. The van der Waals surface area contributed by atoms with Gasteiger partial charge in [0.2, 0.25) is 23.6 Å². The third-order valence-electron chi connectivity index (χ3n) is 7.59. The Bertz CT molecular complexity index is 1200. The van der Waals surface area contributed by atoms with Crippen LogP contribution in [0.15, 0.2) is 54.6 Å². The van der Waals surface area contributed by atoms with Crippen molar-refractivity contribution in [2.24, 2.45) is 11.7 Å². The number of nitrogens with two attached hydrogens (primary N) is 1. The van der Waals surface area contributed by atoms with Crippen molar-refractivity contribution in [3.05, 3.63) is 65.7 Å². The molecule has 0 spiro atoms. The summed E-state index contributed by atoms with van der Waals surface area (Å²) in [5.41, 5.74) is 7.97. The number of nitrogens with one attached hydrogen (secondary N) is 4. The summed E-state index contributed by atoms with van der Waals surface area (Å²) in [7, 11) is 0. The van der Waals surface area contributed by atoms with Crippen LogP contribution in [0.4, 0.5) is 0 Å². The molecule has 2 aromatic rings. The smallest absolute Gasteiger partial charge is 0.243 e. The van der Waals surface area contributed by atoms with Crippen molar-refractivity contribution >= 4 is 35.4 Å². The van der Waals surface area contributed by atoms with Gasteiger partial charge in [-0.15, -0.1) is 11.8 Å². The van der Waals surface area contributed by atoms with Gasteiger partial charge in [-0.3, -0.25) is 19.2 Å². The largest absolute Gasteiger partial charge is 0.508 e. The molecule has 0 bridgehead atoms. The number of hydrogen-bond acceptors (Lipinski definition) is 7.